The van der Waals surface area contributed by atoms with Crippen molar-refractivity contribution < 1.29 is 14.6 Å². The summed E-state index contributed by atoms with van der Waals surface area (Å²) in [5.41, 5.74) is 0.504. The molecule has 5 heteroatoms. The average Bonchev–Trinajstić information content (AvgIpc) is 2.84. The van der Waals surface area contributed by atoms with Crippen LogP contribution in [0.5, 0.6) is 5.75 Å². The van der Waals surface area contributed by atoms with Gasteiger partial charge < -0.3 is 9.84 Å². The van der Waals surface area contributed by atoms with E-state index in [-0.39, 0.29) is 0 Å². The van der Waals surface area contributed by atoms with Crippen LogP contribution in [-0.4, -0.2) is 36.2 Å². The number of halogens is 1. The number of ether oxygens (including phenoxy) is 1. The van der Waals surface area contributed by atoms with Gasteiger partial charge in [-0.3, -0.25) is 9.69 Å². The molecule has 1 aromatic rings. The third kappa shape index (κ3) is 3.50. The lowest BCUT2D eigenvalue weighted by Crippen LogP contribution is -2.34. The number of hydrogen-bond acceptors (Lipinski definition) is 3. The SMILES string of the molecule is CCCC1(C(=O)O)CCN(Cc2ccc(OC)c(Cl)c2)C1. The fraction of sp³-hybridized carbons (Fsp3) is 0.562. The van der Waals surface area contributed by atoms with E-state index in [0.29, 0.717) is 17.3 Å². The zero-order valence-corrected chi connectivity index (χ0v) is 13.3. The second-order valence-electron chi connectivity index (χ2n) is 5.77. The third-order valence-corrected chi connectivity index (χ3v) is 4.53. The second-order valence-corrected chi connectivity index (χ2v) is 6.17. The minimum atomic E-state index is -0.667. The molecule has 1 unspecified atom stereocenters. The van der Waals surface area contributed by atoms with Crippen molar-refractivity contribution >= 4 is 17.6 Å². The second kappa shape index (κ2) is 6.67. The van der Waals surface area contributed by atoms with Crippen LogP contribution in [-0.2, 0) is 11.3 Å². The van der Waals surface area contributed by atoms with Crippen LogP contribution >= 0.6 is 11.6 Å². The van der Waals surface area contributed by atoms with Gasteiger partial charge in [0.15, 0.2) is 0 Å². The van der Waals surface area contributed by atoms with Gasteiger partial charge in [0.05, 0.1) is 17.5 Å². The van der Waals surface area contributed by atoms with Gasteiger partial charge in [-0.05, 0) is 37.1 Å². The summed E-state index contributed by atoms with van der Waals surface area (Å²) in [6, 6.07) is 5.72. The van der Waals surface area contributed by atoms with Crippen molar-refractivity contribution in [2.24, 2.45) is 5.41 Å². The number of rotatable bonds is 6. The Labute approximate surface area is 130 Å². The lowest BCUT2D eigenvalue weighted by Gasteiger charge is -2.24. The van der Waals surface area contributed by atoms with Crippen LogP contribution in [0.2, 0.25) is 5.02 Å². The number of carboxylic acids is 1. The summed E-state index contributed by atoms with van der Waals surface area (Å²) in [6.45, 7) is 4.19. The molecule has 1 aromatic carbocycles. The van der Waals surface area contributed by atoms with E-state index >= 15 is 0 Å². The van der Waals surface area contributed by atoms with Gasteiger partial charge in [-0.2, -0.15) is 0 Å². The van der Waals surface area contributed by atoms with Crippen molar-refractivity contribution in [3.05, 3.63) is 28.8 Å². The summed E-state index contributed by atoms with van der Waals surface area (Å²) in [5, 5.41) is 10.1. The molecule has 116 valence electrons. The fourth-order valence-electron chi connectivity index (χ4n) is 3.12. The van der Waals surface area contributed by atoms with E-state index in [1.807, 2.05) is 25.1 Å². The van der Waals surface area contributed by atoms with Crippen LogP contribution in [0.3, 0.4) is 0 Å². The lowest BCUT2D eigenvalue weighted by molar-refractivity contribution is -0.148. The first-order chi connectivity index (χ1) is 10.0. The molecule has 0 radical (unpaired) electrons. The van der Waals surface area contributed by atoms with E-state index in [0.717, 1.165) is 37.9 Å². The van der Waals surface area contributed by atoms with E-state index in [1.54, 1.807) is 7.11 Å². The summed E-state index contributed by atoms with van der Waals surface area (Å²) in [4.78, 5) is 13.8. The minimum absolute atomic E-state index is 0.578. The molecular formula is C16H22ClNO3. The van der Waals surface area contributed by atoms with E-state index < -0.39 is 11.4 Å². The Balaban J connectivity index is 2.05. The Morgan fingerprint density at radius 2 is 2.29 bits per heavy atom. The predicted octanol–water partition coefficient (Wildman–Crippen LogP) is 3.43. The van der Waals surface area contributed by atoms with Crippen molar-refractivity contribution in [1.82, 2.24) is 4.90 Å². The smallest absolute Gasteiger partial charge is 0.310 e. The van der Waals surface area contributed by atoms with Crippen LogP contribution in [0.15, 0.2) is 18.2 Å². The van der Waals surface area contributed by atoms with E-state index in [1.165, 1.54) is 0 Å². The summed E-state index contributed by atoms with van der Waals surface area (Å²) in [5.74, 6) is -0.00711. The highest BCUT2D eigenvalue weighted by atomic mass is 35.5. The molecule has 0 aromatic heterocycles. The van der Waals surface area contributed by atoms with E-state index in [9.17, 15) is 9.90 Å². The fourth-order valence-corrected chi connectivity index (χ4v) is 3.40. The largest absolute Gasteiger partial charge is 0.495 e. The Morgan fingerprint density at radius 1 is 1.52 bits per heavy atom. The average molecular weight is 312 g/mol. The van der Waals surface area contributed by atoms with Crippen LogP contribution in [0.4, 0.5) is 0 Å². The van der Waals surface area contributed by atoms with Gasteiger partial charge >= 0.3 is 5.97 Å². The number of nitrogens with zero attached hydrogens (tertiary/aromatic N) is 1. The summed E-state index contributed by atoms with van der Waals surface area (Å²) in [6.07, 6.45) is 2.36. The van der Waals surface area contributed by atoms with Crippen LogP contribution < -0.4 is 4.74 Å². The molecule has 0 amide bonds. The number of likely N-dealkylation sites (tertiary alicyclic amines) is 1. The first-order valence-corrected chi connectivity index (χ1v) is 7.67. The Morgan fingerprint density at radius 3 is 2.86 bits per heavy atom. The first-order valence-electron chi connectivity index (χ1n) is 7.29. The Hall–Kier alpha value is -1.26. The highest BCUT2D eigenvalue weighted by Crippen LogP contribution is 2.36. The van der Waals surface area contributed by atoms with Crippen molar-refractivity contribution in [2.45, 2.75) is 32.7 Å². The summed E-state index contributed by atoms with van der Waals surface area (Å²) in [7, 11) is 1.59. The van der Waals surface area contributed by atoms with Gasteiger partial charge in [0.1, 0.15) is 5.75 Å². The zero-order valence-electron chi connectivity index (χ0n) is 12.6. The Kier molecular flexibility index (Phi) is 5.12. The molecule has 0 saturated carbocycles. The zero-order chi connectivity index (χ0) is 15.5. The van der Waals surface area contributed by atoms with Crippen molar-refractivity contribution in [1.29, 1.82) is 0 Å². The molecule has 1 aliphatic heterocycles. The maximum Gasteiger partial charge on any atom is 0.310 e. The minimum Gasteiger partial charge on any atom is -0.495 e. The predicted molar refractivity (Wildman–Crippen MR) is 82.9 cm³/mol. The highest BCUT2D eigenvalue weighted by Gasteiger charge is 2.43. The molecule has 21 heavy (non-hydrogen) atoms. The van der Waals surface area contributed by atoms with Crippen molar-refractivity contribution in [3.63, 3.8) is 0 Å². The molecule has 1 aliphatic rings. The molecule has 0 bridgehead atoms. The molecular weight excluding hydrogens is 290 g/mol. The molecule has 2 rings (SSSR count). The number of benzene rings is 1. The molecule has 1 fully saturated rings. The molecule has 4 nitrogen and oxygen atoms in total. The number of methoxy groups -OCH3 is 1. The Bertz CT molecular complexity index is 520. The number of carboxylic acid groups (broad SMARTS) is 1. The maximum atomic E-state index is 11.6. The summed E-state index contributed by atoms with van der Waals surface area (Å²) < 4.78 is 5.14. The molecule has 0 spiro atoms. The summed E-state index contributed by atoms with van der Waals surface area (Å²) >= 11 is 6.13. The molecule has 1 saturated heterocycles. The van der Waals surface area contributed by atoms with Crippen LogP contribution in [0.1, 0.15) is 31.7 Å². The lowest BCUT2D eigenvalue weighted by atomic mass is 9.83. The highest BCUT2D eigenvalue weighted by molar-refractivity contribution is 6.32. The van der Waals surface area contributed by atoms with Crippen LogP contribution in [0, 0.1) is 5.41 Å². The molecule has 1 atom stereocenters. The maximum absolute atomic E-state index is 11.6. The molecule has 0 aliphatic carbocycles. The molecule has 1 heterocycles. The van der Waals surface area contributed by atoms with Gasteiger partial charge in [0.25, 0.3) is 0 Å². The first kappa shape index (κ1) is 16.1. The van der Waals surface area contributed by atoms with Gasteiger partial charge in [-0.25, -0.2) is 0 Å². The van der Waals surface area contributed by atoms with Crippen molar-refractivity contribution in [2.75, 3.05) is 20.2 Å². The topological polar surface area (TPSA) is 49.8 Å². The third-order valence-electron chi connectivity index (χ3n) is 4.24. The normalized spacial score (nSPS) is 22.4. The van der Waals surface area contributed by atoms with Crippen molar-refractivity contribution in [3.8, 4) is 5.75 Å². The van der Waals surface area contributed by atoms with Gasteiger partial charge in [-0.15, -0.1) is 0 Å². The van der Waals surface area contributed by atoms with Gasteiger partial charge in [-0.1, -0.05) is 31.0 Å². The van der Waals surface area contributed by atoms with E-state index in [4.69, 9.17) is 16.3 Å². The van der Waals surface area contributed by atoms with E-state index in [2.05, 4.69) is 4.90 Å². The van der Waals surface area contributed by atoms with Crippen LogP contribution in [0.25, 0.3) is 0 Å². The number of carbonyl (C=O) groups is 1. The standard InChI is InChI=1S/C16H22ClNO3/c1-3-6-16(15(19)20)7-8-18(11-16)10-12-4-5-14(21-2)13(17)9-12/h4-5,9H,3,6-8,10-11H2,1-2H3,(H,19,20). The monoisotopic (exact) mass is 311 g/mol. The number of hydrogen-bond donors (Lipinski definition) is 1. The quantitative estimate of drug-likeness (QED) is 0.874. The van der Waals surface area contributed by atoms with Gasteiger partial charge in [0, 0.05) is 13.1 Å². The van der Waals surface area contributed by atoms with Gasteiger partial charge in [0.2, 0.25) is 0 Å². The number of aliphatic carboxylic acids is 1. The molecule has 1 N–H and O–H groups in total.